The van der Waals surface area contributed by atoms with Crippen LogP contribution in [0.1, 0.15) is 30.8 Å². The van der Waals surface area contributed by atoms with Crippen molar-refractivity contribution in [2.24, 2.45) is 0 Å². The van der Waals surface area contributed by atoms with E-state index in [9.17, 15) is 4.79 Å². The minimum atomic E-state index is -0.195. The lowest BCUT2D eigenvalue weighted by molar-refractivity contribution is 0.0933. The number of carbonyl (C=O) groups is 1. The van der Waals surface area contributed by atoms with Crippen molar-refractivity contribution >= 4 is 21.8 Å². The monoisotopic (exact) mass is 260 g/mol. The van der Waals surface area contributed by atoms with Crippen LogP contribution in [-0.4, -0.2) is 32.2 Å². The first-order chi connectivity index (χ1) is 6.59. The Hall–Kier alpha value is -0.910. The quantitative estimate of drug-likeness (QED) is 0.797. The molecule has 0 aromatic carbocycles. The molecule has 1 aromatic heterocycles. The molecule has 1 heterocycles. The summed E-state index contributed by atoms with van der Waals surface area (Å²) < 4.78 is 0. The first kappa shape index (κ1) is 11.2. The third-order valence-corrected chi connectivity index (χ3v) is 2.08. The molecular weight excluding hydrogens is 248 g/mol. The molecule has 14 heavy (non-hydrogen) atoms. The zero-order chi connectivity index (χ0) is 10.6. The number of aromatic amines is 1. The molecule has 78 valence electrons. The van der Waals surface area contributed by atoms with Gasteiger partial charge in [-0.3, -0.25) is 4.79 Å². The van der Waals surface area contributed by atoms with Crippen LogP contribution in [0.5, 0.6) is 0 Å². The lowest BCUT2D eigenvalue weighted by Crippen LogP contribution is -2.34. The largest absolute Gasteiger partial charge is 0.348 e. The van der Waals surface area contributed by atoms with Gasteiger partial charge < -0.3 is 5.32 Å². The number of halogens is 1. The predicted octanol–water partition coefficient (Wildman–Crippen LogP) is 1.10. The molecule has 2 atom stereocenters. The van der Waals surface area contributed by atoms with E-state index < -0.39 is 0 Å². The minimum absolute atomic E-state index is 0.119. The second-order valence-corrected chi connectivity index (χ2v) is 4.81. The van der Waals surface area contributed by atoms with Crippen molar-refractivity contribution in [3.63, 3.8) is 0 Å². The maximum absolute atomic E-state index is 11.4. The van der Waals surface area contributed by atoms with Crippen molar-refractivity contribution in [1.82, 2.24) is 20.7 Å². The molecule has 5 nitrogen and oxygen atoms in total. The highest BCUT2D eigenvalue weighted by molar-refractivity contribution is 9.09. The second kappa shape index (κ2) is 5.09. The molecule has 0 aliphatic heterocycles. The topological polar surface area (TPSA) is 70.7 Å². The Balaban J connectivity index is 2.41. The molecule has 0 radical (unpaired) electrons. The van der Waals surface area contributed by atoms with E-state index in [1.54, 1.807) is 0 Å². The van der Waals surface area contributed by atoms with E-state index in [2.05, 4.69) is 36.7 Å². The zero-order valence-electron chi connectivity index (χ0n) is 8.12. The van der Waals surface area contributed by atoms with Gasteiger partial charge in [-0.15, -0.1) is 0 Å². The first-order valence-corrected chi connectivity index (χ1v) is 5.32. The van der Waals surface area contributed by atoms with E-state index in [1.807, 2.05) is 13.8 Å². The maximum atomic E-state index is 11.4. The van der Waals surface area contributed by atoms with Crippen molar-refractivity contribution in [2.75, 3.05) is 0 Å². The molecule has 0 aliphatic rings. The van der Waals surface area contributed by atoms with Gasteiger partial charge >= 0.3 is 0 Å². The summed E-state index contributed by atoms with van der Waals surface area (Å²) in [5.41, 5.74) is 0.319. The number of carbonyl (C=O) groups excluding carboxylic acids is 1. The van der Waals surface area contributed by atoms with Gasteiger partial charge in [0, 0.05) is 10.9 Å². The van der Waals surface area contributed by atoms with E-state index in [4.69, 9.17) is 0 Å². The Bertz CT molecular complexity index is 286. The summed E-state index contributed by atoms with van der Waals surface area (Å²) >= 11 is 3.43. The average molecular weight is 261 g/mol. The van der Waals surface area contributed by atoms with Gasteiger partial charge in [0.05, 0.1) is 6.20 Å². The summed E-state index contributed by atoms with van der Waals surface area (Å²) in [7, 11) is 0. The highest BCUT2D eigenvalue weighted by Gasteiger charge is 2.12. The Morgan fingerprint density at radius 2 is 2.43 bits per heavy atom. The summed E-state index contributed by atoms with van der Waals surface area (Å²) in [4.78, 5) is 11.8. The Morgan fingerprint density at radius 1 is 1.71 bits per heavy atom. The second-order valence-electron chi connectivity index (χ2n) is 3.25. The average Bonchev–Trinajstić information content (AvgIpc) is 2.53. The summed E-state index contributed by atoms with van der Waals surface area (Å²) in [6, 6.07) is 0.119. The van der Waals surface area contributed by atoms with Crippen LogP contribution in [-0.2, 0) is 0 Å². The summed E-state index contributed by atoms with van der Waals surface area (Å²) in [6.07, 6.45) is 2.28. The molecule has 0 spiro atoms. The molecule has 0 fully saturated rings. The number of rotatable bonds is 4. The first-order valence-electron chi connectivity index (χ1n) is 4.40. The Morgan fingerprint density at radius 3 is 2.93 bits per heavy atom. The van der Waals surface area contributed by atoms with Gasteiger partial charge in [-0.1, -0.05) is 22.9 Å². The third-order valence-electron chi connectivity index (χ3n) is 1.70. The summed E-state index contributed by atoms with van der Waals surface area (Å²) in [5, 5.41) is 12.5. The van der Waals surface area contributed by atoms with Gasteiger partial charge in [-0.2, -0.15) is 15.4 Å². The van der Waals surface area contributed by atoms with Gasteiger partial charge in [-0.25, -0.2) is 0 Å². The van der Waals surface area contributed by atoms with E-state index >= 15 is 0 Å². The van der Waals surface area contributed by atoms with Gasteiger partial charge in [0.25, 0.3) is 5.91 Å². The predicted molar refractivity (Wildman–Crippen MR) is 56.3 cm³/mol. The number of nitrogens with zero attached hydrogens (tertiary/aromatic N) is 2. The van der Waals surface area contributed by atoms with Crippen LogP contribution in [0.4, 0.5) is 0 Å². The van der Waals surface area contributed by atoms with Gasteiger partial charge in [0.2, 0.25) is 0 Å². The Kier molecular flexibility index (Phi) is 4.06. The van der Waals surface area contributed by atoms with E-state index in [0.717, 1.165) is 6.42 Å². The summed E-state index contributed by atoms with van der Waals surface area (Å²) in [5.74, 6) is -0.195. The molecule has 1 amide bonds. The fraction of sp³-hybridized carbons (Fsp3) is 0.625. The van der Waals surface area contributed by atoms with Crippen LogP contribution in [0.2, 0.25) is 0 Å². The number of hydrogen-bond donors (Lipinski definition) is 2. The van der Waals surface area contributed by atoms with Crippen LogP contribution in [0.25, 0.3) is 0 Å². The van der Waals surface area contributed by atoms with Crippen molar-refractivity contribution < 1.29 is 4.79 Å². The molecule has 0 aliphatic carbocycles. The van der Waals surface area contributed by atoms with Crippen LogP contribution in [0.15, 0.2) is 6.20 Å². The summed E-state index contributed by atoms with van der Waals surface area (Å²) in [6.45, 7) is 3.99. The van der Waals surface area contributed by atoms with Gasteiger partial charge in [-0.05, 0) is 13.3 Å². The highest BCUT2D eigenvalue weighted by atomic mass is 79.9. The molecule has 1 rings (SSSR count). The van der Waals surface area contributed by atoms with Crippen LogP contribution < -0.4 is 5.32 Å². The van der Waals surface area contributed by atoms with Gasteiger partial charge in [0.1, 0.15) is 0 Å². The fourth-order valence-electron chi connectivity index (χ4n) is 1.15. The van der Waals surface area contributed by atoms with Crippen LogP contribution >= 0.6 is 15.9 Å². The smallest absolute Gasteiger partial charge is 0.273 e. The Labute approximate surface area is 90.8 Å². The van der Waals surface area contributed by atoms with Crippen molar-refractivity contribution in [3.05, 3.63) is 11.9 Å². The number of aromatic nitrogens is 3. The van der Waals surface area contributed by atoms with Crippen molar-refractivity contribution in [2.45, 2.75) is 31.1 Å². The molecule has 6 heteroatoms. The highest BCUT2D eigenvalue weighted by Crippen LogP contribution is 2.06. The van der Waals surface area contributed by atoms with Crippen LogP contribution in [0.3, 0.4) is 0 Å². The number of hydrogen-bond acceptors (Lipinski definition) is 3. The van der Waals surface area contributed by atoms with Crippen LogP contribution in [0, 0.1) is 0 Å². The SMILES string of the molecule is CC(Br)CC(C)NC(=O)c1cn[nH]n1. The molecule has 2 unspecified atom stereocenters. The number of alkyl halides is 1. The van der Waals surface area contributed by atoms with E-state index in [-0.39, 0.29) is 11.9 Å². The normalized spacial score (nSPS) is 14.8. The molecule has 0 saturated carbocycles. The fourth-order valence-corrected chi connectivity index (χ4v) is 1.72. The number of H-pyrrole nitrogens is 1. The molecular formula is C8H13BrN4O. The van der Waals surface area contributed by atoms with Crippen molar-refractivity contribution in [3.8, 4) is 0 Å². The third kappa shape index (κ3) is 3.45. The standard InChI is InChI=1S/C8H13BrN4O/c1-5(9)3-6(2)11-8(14)7-4-10-13-12-7/h4-6H,3H2,1-2H3,(H,11,14)(H,10,12,13). The zero-order valence-corrected chi connectivity index (χ0v) is 9.71. The molecule has 2 N–H and O–H groups in total. The molecule has 1 aromatic rings. The number of nitrogens with one attached hydrogen (secondary N) is 2. The van der Waals surface area contributed by atoms with E-state index in [0.29, 0.717) is 10.5 Å². The number of amides is 1. The minimum Gasteiger partial charge on any atom is -0.348 e. The van der Waals surface area contributed by atoms with Gasteiger partial charge in [0.15, 0.2) is 5.69 Å². The molecule has 0 saturated heterocycles. The maximum Gasteiger partial charge on any atom is 0.273 e. The van der Waals surface area contributed by atoms with E-state index in [1.165, 1.54) is 6.20 Å². The lowest BCUT2D eigenvalue weighted by Gasteiger charge is -2.13. The molecule has 0 bridgehead atoms. The van der Waals surface area contributed by atoms with Crippen molar-refractivity contribution in [1.29, 1.82) is 0 Å². The lowest BCUT2D eigenvalue weighted by atomic mass is 10.2.